The van der Waals surface area contributed by atoms with E-state index in [0.29, 0.717) is 33.5 Å². The van der Waals surface area contributed by atoms with Crippen molar-refractivity contribution in [1.82, 2.24) is 19.9 Å². The van der Waals surface area contributed by atoms with Crippen molar-refractivity contribution in [2.75, 3.05) is 11.9 Å². The molecule has 152 valence electrons. The molecule has 0 unspecified atom stereocenters. The van der Waals surface area contributed by atoms with Gasteiger partial charge in [0.25, 0.3) is 0 Å². The van der Waals surface area contributed by atoms with Crippen LogP contribution in [0.15, 0.2) is 53.9 Å². The molecule has 0 atom stereocenters. The van der Waals surface area contributed by atoms with E-state index in [9.17, 15) is 14.0 Å². The maximum absolute atomic E-state index is 14.0. The number of rotatable bonds is 5. The van der Waals surface area contributed by atoms with Crippen LogP contribution in [0.5, 0.6) is 0 Å². The molecule has 2 aromatic heterocycles. The Morgan fingerprint density at radius 3 is 2.77 bits per heavy atom. The van der Waals surface area contributed by atoms with Crippen LogP contribution >= 0.6 is 22.9 Å². The lowest BCUT2D eigenvalue weighted by molar-refractivity contribution is -0.136. The number of carbonyl (C=O) groups is 2. The fraction of sp³-hybridized carbons (Fsp3) is 0.100. The summed E-state index contributed by atoms with van der Waals surface area (Å²) in [6, 6.07) is 12.8. The van der Waals surface area contributed by atoms with Crippen molar-refractivity contribution in [3.63, 3.8) is 0 Å². The number of thiazole rings is 1. The molecule has 0 fully saturated rings. The molecule has 2 amide bonds. The summed E-state index contributed by atoms with van der Waals surface area (Å²) >= 11 is 7.23. The van der Waals surface area contributed by atoms with Crippen LogP contribution in [0.25, 0.3) is 16.3 Å². The Bertz CT molecular complexity index is 1240. The van der Waals surface area contributed by atoms with Crippen LogP contribution in [0.1, 0.15) is 5.69 Å². The van der Waals surface area contributed by atoms with Gasteiger partial charge >= 0.3 is 11.8 Å². The fourth-order valence-electron chi connectivity index (χ4n) is 2.79. The largest absolute Gasteiger partial charge is 0.347 e. The van der Waals surface area contributed by atoms with E-state index in [4.69, 9.17) is 11.6 Å². The van der Waals surface area contributed by atoms with E-state index in [-0.39, 0.29) is 6.54 Å². The Labute approximate surface area is 179 Å². The Morgan fingerprint density at radius 1 is 1.13 bits per heavy atom. The van der Waals surface area contributed by atoms with E-state index in [1.807, 2.05) is 5.38 Å². The number of hydrogen-bond donors (Lipinski definition) is 2. The molecule has 0 saturated carbocycles. The van der Waals surface area contributed by atoms with Crippen LogP contribution in [0.4, 0.5) is 10.1 Å². The van der Waals surface area contributed by atoms with Gasteiger partial charge in [-0.25, -0.2) is 8.91 Å². The molecule has 0 aliphatic carbocycles. The summed E-state index contributed by atoms with van der Waals surface area (Å²) < 4.78 is 15.6. The van der Waals surface area contributed by atoms with Crippen molar-refractivity contribution in [1.29, 1.82) is 0 Å². The van der Waals surface area contributed by atoms with Crippen LogP contribution in [-0.4, -0.2) is 33.0 Å². The predicted octanol–water partition coefficient (Wildman–Crippen LogP) is 3.55. The first-order valence-corrected chi connectivity index (χ1v) is 10.2. The van der Waals surface area contributed by atoms with Gasteiger partial charge in [-0.3, -0.25) is 9.59 Å². The number of hydrogen-bond acceptors (Lipinski definition) is 5. The van der Waals surface area contributed by atoms with Crippen LogP contribution in [-0.2, 0) is 16.0 Å². The first-order valence-electron chi connectivity index (χ1n) is 8.94. The molecule has 0 bridgehead atoms. The van der Waals surface area contributed by atoms with Crippen molar-refractivity contribution < 1.29 is 14.0 Å². The van der Waals surface area contributed by atoms with Crippen molar-refractivity contribution >= 4 is 45.4 Å². The summed E-state index contributed by atoms with van der Waals surface area (Å²) in [6.07, 6.45) is 0.427. The summed E-state index contributed by atoms with van der Waals surface area (Å²) in [6.45, 7) is 0.225. The van der Waals surface area contributed by atoms with Gasteiger partial charge in [0, 0.05) is 29.1 Å². The topological polar surface area (TPSA) is 88.4 Å². The average Bonchev–Trinajstić information content (AvgIpc) is 3.30. The molecule has 4 rings (SSSR count). The third-order valence-corrected chi connectivity index (χ3v) is 5.32. The Morgan fingerprint density at radius 2 is 1.97 bits per heavy atom. The normalized spacial score (nSPS) is 10.9. The maximum Gasteiger partial charge on any atom is 0.313 e. The number of aromatic nitrogens is 3. The second-order valence-corrected chi connectivity index (χ2v) is 7.58. The molecule has 0 spiro atoms. The molecule has 10 heteroatoms. The van der Waals surface area contributed by atoms with Gasteiger partial charge < -0.3 is 10.6 Å². The van der Waals surface area contributed by atoms with Crippen LogP contribution in [0.3, 0.4) is 0 Å². The minimum Gasteiger partial charge on any atom is -0.347 e. The van der Waals surface area contributed by atoms with E-state index < -0.39 is 17.6 Å². The first-order chi connectivity index (χ1) is 14.5. The predicted molar refractivity (Wildman–Crippen MR) is 113 cm³/mol. The summed E-state index contributed by atoms with van der Waals surface area (Å²) in [7, 11) is 0. The Hall–Kier alpha value is -3.30. The summed E-state index contributed by atoms with van der Waals surface area (Å²) in [4.78, 5) is 29.0. The molecule has 2 heterocycles. The van der Waals surface area contributed by atoms with E-state index >= 15 is 0 Å². The number of nitrogens with one attached hydrogen (secondary N) is 2. The number of nitrogens with zero attached hydrogens (tertiary/aromatic N) is 3. The van der Waals surface area contributed by atoms with Crippen molar-refractivity contribution in [2.24, 2.45) is 0 Å². The van der Waals surface area contributed by atoms with Gasteiger partial charge in [0.05, 0.1) is 11.3 Å². The molecule has 0 aliphatic rings. The standard InChI is InChI=1S/C20H15ClFN5O2S/c21-12-4-3-5-13(10-12)24-19(29)18(28)23-9-8-14-11-30-20-25-17(26-27(14)20)15-6-1-2-7-16(15)22/h1-7,10-11H,8-9H2,(H,23,28)(H,24,29). The van der Waals surface area contributed by atoms with E-state index in [1.165, 1.54) is 17.4 Å². The van der Waals surface area contributed by atoms with E-state index in [1.54, 1.807) is 47.0 Å². The van der Waals surface area contributed by atoms with Crippen LogP contribution in [0, 0.1) is 5.82 Å². The van der Waals surface area contributed by atoms with Gasteiger partial charge in [0.2, 0.25) is 4.96 Å². The third-order valence-electron chi connectivity index (χ3n) is 4.22. The molecule has 0 radical (unpaired) electrons. The molecule has 0 aliphatic heterocycles. The third kappa shape index (κ3) is 4.32. The summed E-state index contributed by atoms with van der Waals surface area (Å²) in [5.41, 5.74) is 1.55. The number of carbonyl (C=O) groups excluding carboxylic acids is 2. The zero-order valence-corrected chi connectivity index (χ0v) is 17.0. The highest BCUT2D eigenvalue weighted by atomic mass is 35.5. The lowest BCUT2D eigenvalue weighted by Gasteiger charge is -2.06. The molecule has 4 aromatic rings. The number of halogens is 2. The van der Waals surface area contributed by atoms with Gasteiger partial charge in [-0.1, -0.05) is 29.8 Å². The van der Waals surface area contributed by atoms with Gasteiger partial charge in [-0.15, -0.1) is 16.4 Å². The van der Waals surface area contributed by atoms with E-state index in [0.717, 1.165) is 5.69 Å². The van der Waals surface area contributed by atoms with Crippen molar-refractivity contribution in [3.8, 4) is 11.4 Å². The zero-order valence-electron chi connectivity index (χ0n) is 15.4. The minimum atomic E-state index is -0.782. The molecule has 7 nitrogen and oxygen atoms in total. The number of fused-ring (bicyclic) bond motifs is 1. The number of benzene rings is 2. The Balaban J connectivity index is 1.37. The fourth-order valence-corrected chi connectivity index (χ4v) is 3.84. The summed E-state index contributed by atoms with van der Waals surface area (Å²) in [5, 5.41) is 11.7. The molecule has 30 heavy (non-hydrogen) atoms. The van der Waals surface area contributed by atoms with Crippen molar-refractivity contribution in [2.45, 2.75) is 6.42 Å². The lowest BCUT2D eigenvalue weighted by atomic mass is 10.2. The minimum absolute atomic E-state index is 0.225. The van der Waals surface area contributed by atoms with Crippen LogP contribution < -0.4 is 10.6 Å². The zero-order chi connectivity index (χ0) is 21.1. The second-order valence-electron chi connectivity index (χ2n) is 6.31. The molecular formula is C20H15ClFN5O2S. The highest BCUT2D eigenvalue weighted by Gasteiger charge is 2.16. The molecule has 2 N–H and O–H groups in total. The molecule has 0 saturated heterocycles. The van der Waals surface area contributed by atoms with Gasteiger partial charge in [0.15, 0.2) is 5.82 Å². The number of amides is 2. The van der Waals surface area contributed by atoms with E-state index in [2.05, 4.69) is 20.7 Å². The summed E-state index contributed by atoms with van der Waals surface area (Å²) in [5.74, 6) is -1.64. The molecule has 2 aromatic carbocycles. The maximum atomic E-state index is 14.0. The second kappa shape index (κ2) is 8.60. The lowest BCUT2D eigenvalue weighted by Crippen LogP contribution is -2.36. The first kappa shape index (κ1) is 20.0. The smallest absolute Gasteiger partial charge is 0.313 e. The van der Waals surface area contributed by atoms with Gasteiger partial charge in [0.1, 0.15) is 5.82 Å². The average molecular weight is 444 g/mol. The van der Waals surface area contributed by atoms with Gasteiger partial charge in [-0.05, 0) is 30.3 Å². The SMILES string of the molecule is O=C(NCCc1csc2nc(-c3ccccc3F)nn12)C(=O)Nc1cccc(Cl)c1. The monoisotopic (exact) mass is 443 g/mol. The van der Waals surface area contributed by atoms with Crippen molar-refractivity contribution in [3.05, 3.63) is 70.4 Å². The highest BCUT2D eigenvalue weighted by Crippen LogP contribution is 2.23. The van der Waals surface area contributed by atoms with Gasteiger partial charge in [-0.2, -0.15) is 4.98 Å². The highest BCUT2D eigenvalue weighted by molar-refractivity contribution is 7.15. The van der Waals surface area contributed by atoms with Crippen LogP contribution in [0.2, 0.25) is 5.02 Å². The number of anilines is 1. The molecular weight excluding hydrogens is 429 g/mol. The quantitative estimate of drug-likeness (QED) is 0.462. The Kier molecular flexibility index (Phi) is 5.73.